The van der Waals surface area contributed by atoms with E-state index < -0.39 is 0 Å². The Morgan fingerprint density at radius 1 is 0.714 bits per heavy atom. The topological polar surface area (TPSA) is 0 Å². The van der Waals surface area contributed by atoms with Crippen molar-refractivity contribution < 1.29 is 0 Å². The van der Waals surface area contributed by atoms with Crippen molar-refractivity contribution in [3.63, 3.8) is 0 Å². The molecule has 0 aromatic carbocycles. The zero-order valence-corrected chi connectivity index (χ0v) is 9.30. The molecule has 0 amide bonds. The second kappa shape index (κ2) is 9.05. The molecule has 14 heavy (non-hydrogen) atoms. The Morgan fingerprint density at radius 3 is 2.14 bits per heavy atom. The van der Waals surface area contributed by atoms with Gasteiger partial charge in [-0.15, -0.1) is 0 Å². The summed E-state index contributed by atoms with van der Waals surface area (Å²) in [5, 5.41) is 0. The summed E-state index contributed by atoms with van der Waals surface area (Å²) in [7, 11) is 0. The molecule has 0 unspecified atom stereocenters. The predicted octanol–water partition coefficient (Wildman–Crippen LogP) is 4.82. The Hall–Kier alpha value is -0.520. The molecular weight excluding hydrogens is 168 g/mol. The normalized spacial score (nSPS) is 21.7. The van der Waals surface area contributed by atoms with Crippen LogP contribution in [-0.2, 0) is 0 Å². The summed E-state index contributed by atoms with van der Waals surface area (Å²) < 4.78 is 0. The molecule has 0 fully saturated rings. The Morgan fingerprint density at radius 2 is 1.36 bits per heavy atom. The molecule has 1 aliphatic carbocycles. The molecular formula is C14H23. The highest BCUT2D eigenvalue weighted by Crippen LogP contribution is 2.11. The second-order valence-electron chi connectivity index (χ2n) is 4.17. The quantitative estimate of drug-likeness (QED) is 0.515. The van der Waals surface area contributed by atoms with Crippen LogP contribution in [0.5, 0.6) is 0 Å². The van der Waals surface area contributed by atoms with E-state index in [4.69, 9.17) is 0 Å². The SMILES string of the molecule is [C]1=CC=CCCCCCCCCCC1. The molecule has 0 bridgehead atoms. The third kappa shape index (κ3) is 6.94. The molecule has 0 N–H and O–H groups in total. The van der Waals surface area contributed by atoms with Gasteiger partial charge in [0, 0.05) is 0 Å². The van der Waals surface area contributed by atoms with Gasteiger partial charge in [0.2, 0.25) is 0 Å². The van der Waals surface area contributed by atoms with Gasteiger partial charge in [0.05, 0.1) is 0 Å². The number of allylic oxidation sites excluding steroid dienone is 4. The van der Waals surface area contributed by atoms with Crippen LogP contribution in [0.4, 0.5) is 0 Å². The first-order valence-corrected chi connectivity index (χ1v) is 6.22. The van der Waals surface area contributed by atoms with Gasteiger partial charge < -0.3 is 0 Å². The van der Waals surface area contributed by atoms with E-state index in [1.54, 1.807) is 0 Å². The zero-order valence-electron chi connectivity index (χ0n) is 9.30. The van der Waals surface area contributed by atoms with Crippen LogP contribution in [-0.4, -0.2) is 0 Å². The van der Waals surface area contributed by atoms with E-state index in [-0.39, 0.29) is 0 Å². The Balaban J connectivity index is 2.17. The Labute approximate surface area is 89.1 Å². The van der Waals surface area contributed by atoms with Gasteiger partial charge in [-0.3, -0.25) is 0 Å². The summed E-state index contributed by atoms with van der Waals surface area (Å²) >= 11 is 0. The third-order valence-corrected chi connectivity index (χ3v) is 2.79. The highest BCUT2D eigenvalue weighted by Gasteiger charge is 1.92. The van der Waals surface area contributed by atoms with Crippen LogP contribution < -0.4 is 0 Å². The lowest BCUT2D eigenvalue weighted by molar-refractivity contribution is 0.569. The van der Waals surface area contributed by atoms with Crippen LogP contribution in [0.1, 0.15) is 64.2 Å². The van der Waals surface area contributed by atoms with Crippen molar-refractivity contribution in [2.75, 3.05) is 0 Å². The van der Waals surface area contributed by atoms with Crippen LogP contribution in [0.25, 0.3) is 0 Å². The van der Waals surface area contributed by atoms with Crippen molar-refractivity contribution in [2.45, 2.75) is 64.2 Å². The van der Waals surface area contributed by atoms with Gasteiger partial charge in [-0.2, -0.15) is 0 Å². The molecule has 1 rings (SSSR count). The lowest BCUT2D eigenvalue weighted by Gasteiger charge is -2.01. The molecule has 0 aromatic rings. The van der Waals surface area contributed by atoms with Gasteiger partial charge in [-0.1, -0.05) is 56.8 Å². The minimum atomic E-state index is 1.14. The number of hydrogen-bond acceptors (Lipinski definition) is 0. The maximum Gasteiger partial charge on any atom is -0.0276 e. The van der Waals surface area contributed by atoms with E-state index in [1.165, 1.54) is 57.8 Å². The fourth-order valence-electron chi connectivity index (χ4n) is 1.87. The summed E-state index contributed by atoms with van der Waals surface area (Å²) in [5.74, 6) is 0. The average molecular weight is 191 g/mol. The maximum absolute atomic E-state index is 3.33. The first-order valence-electron chi connectivity index (χ1n) is 6.22. The minimum Gasteiger partial charge on any atom is -0.0845 e. The zero-order chi connectivity index (χ0) is 9.90. The van der Waals surface area contributed by atoms with E-state index in [0.717, 1.165) is 6.42 Å². The van der Waals surface area contributed by atoms with Gasteiger partial charge in [0.15, 0.2) is 0 Å². The average Bonchev–Trinajstić information content (AvgIpc) is 2.22. The minimum absolute atomic E-state index is 1.14. The van der Waals surface area contributed by atoms with Gasteiger partial charge in [0.25, 0.3) is 0 Å². The van der Waals surface area contributed by atoms with E-state index in [1.807, 2.05) is 0 Å². The first kappa shape index (κ1) is 11.6. The third-order valence-electron chi connectivity index (χ3n) is 2.79. The molecule has 0 saturated heterocycles. The van der Waals surface area contributed by atoms with Gasteiger partial charge in [-0.25, -0.2) is 0 Å². The Kier molecular flexibility index (Phi) is 7.47. The highest BCUT2D eigenvalue weighted by atomic mass is 14.0. The van der Waals surface area contributed by atoms with Crippen molar-refractivity contribution in [1.82, 2.24) is 0 Å². The molecule has 0 atom stereocenters. The molecule has 0 aliphatic heterocycles. The van der Waals surface area contributed by atoms with E-state index in [2.05, 4.69) is 24.3 Å². The van der Waals surface area contributed by atoms with Crippen LogP contribution in [0.3, 0.4) is 0 Å². The second-order valence-corrected chi connectivity index (χ2v) is 4.17. The molecule has 0 aromatic heterocycles. The molecule has 1 aliphatic rings. The van der Waals surface area contributed by atoms with Crippen molar-refractivity contribution >= 4 is 0 Å². The van der Waals surface area contributed by atoms with Crippen molar-refractivity contribution in [3.8, 4) is 0 Å². The van der Waals surface area contributed by atoms with Crippen LogP contribution in [0.2, 0.25) is 0 Å². The van der Waals surface area contributed by atoms with Crippen molar-refractivity contribution in [1.29, 1.82) is 0 Å². The van der Waals surface area contributed by atoms with Gasteiger partial charge >= 0.3 is 0 Å². The molecule has 1 radical (unpaired) electrons. The molecule has 0 nitrogen and oxygen atoms in total. The lowest BCUT2D eigenvalue weighted by Crippen LogP contribution is -1.81. The molecule has 0 heteroatoms. The highest BCUT2D eigenvalue weighted by molar-refractivity contribution is 4.98. The molecule has 79 valence electrons. The van der Waals surface area contributed by atoms with Crippen LogP contribution in [0, 0.1) is 6.08 Å². The largest absolute Gasteiger partial charge is 0.0845 e. The summed E-state index contributed by atoms with van der Waals surface area (Å²) in [6, 6.07) is 0. The van der Waals surface area contributed by atoms with Crippen molar-refractivity contribution in [2.24, 2.45) is 0 Å². The lowest BCUT2D eigenvalue weighted by atomic mass is 10.1. The smallest absolute Gasteiger partial charge is 0.0276 e. The van der Waals surface area contributed by atoms with Crippen molar-refractivity contribution in [3.05, 3.63) is 24.3 Å². The standard InChI is InChI=1S/C14H23/c1-2-4-6-8-10-12-14-13-11-9-7-5-3-1/h1-3H,4,6-14H2. The summed E-state index contributed by atoms with van der Waals surface area (Å²) in [4.78, 5) is 0. The predicted molar refractivity (Wildman–Crippen MR) is 63.1 cm³/mol. The summed E-state index contributed by atoms with van der Waals surface area (Å²) in [6.07, 6.45) is 23.5. The number of hydrogen-bond donors (Lipinski definition) is 0. The fourth-order valence-corrected chi connectivity index (χ4v) is 1.87. The van der Waals surface area contributed by atoms with Gasteiger partial charge in [0.1, 0.15) is 0 Å². The van der Waals surface area contributed by atoms with Gasteiger partial charge in [-0.05, 0) is 31.8 Å². The molecule has 0 saturated carbocycles. The number of rotatable bonds is 0. The summed E-state index contributed by atoms with van der Waals surface area (Å²) in [5.41, 5.74) is 0. The van der Waals surface area contributed by atoms with Crippen LogP contribution in [0.15, 0.2) is 18.2 Å². The van der Waals surface area contributed by atoms with E-state index >= 15 is 0 Å². The monoisotopic (exact) mass is 191 g/mol. The first-order chi connectivity index (χ1) is 7.00. The van der Waals surface area contributed by atoms with E-state index in [9.17, 15) is 0 Å². The molecule has 0 heterocycles. The fraction of sp³-hybridized carbons (Fsp3) is 0.714. The molecule has 0 spiro atoms. The maximum atomic E-state index is 3.33. The van der Waals surface area contributed by atoms with Crippen LogP contribution >= 0.6 is 0 Å². The Bertz CT molecular complexity index is 145. The van der Waals surface area contributed by atoms with E-state index in [0.29, 0.717) is 0 Å². The summed E-state index contributed by atoms with van der Waals surface area (Å²) in [6.45, 7) is 0.